The van der Waals surface area contributed by atoms with Crippen molar-refractivity contribution < 1.29 is 31.1 Å². The monoisotopic (exact) mass is 477 g/mol. The van der Waals surface area contributed by atoms with Gasteiger partial charge in [0.1, 0.15) is 0 Å². The summed E-state index contributed by atoms with van der Waals surface area (Å²) in [6.45, 7) is 2.02. The van der Waals surface area contributed by atoms with Gasteiger partial charge in [-0.2, -0.15) is 13.2 Å². The molecule has 1 aromatic heterocycles. The van der Waals surface area contributed by atoms with Crippen molar-refractivity contribution in [3.63, 3.8) is 0 Å². The van der Waals surface area contributed by atoms with Crippen LogP contribution in [-0.4, -0.2) is 36.8 Å². The van der Waals surface area contributed by atoms with Gasteiger partial charge in [-0.05, 0) is 37.0 Å². The van der Waals surface area contributed by atoms with Gasteiger partial charge in [0.2, 0.25) is 0 Å². The third-order valence-electron chi connectivity index (χ3n) is 5.08. The lowest BCUT2D eigenvalue weighted by Gasteiger charge is -2.22. The van der Waals surface area contributed by atoms with Crippen molar-refractivity contribution in [3.8, 4) is 0 Å². The van der Waals surface area contributed by atoms with Crippen LogP contribution in [-0.2, 0) is 25.7 Å². The summed E-state index contributed by atoms with van der Waals surface area (Å²) < 4.78 is 71.0. The Morgan fingerprint density at radius 3 is 2.53 bits per heavy atom. The maximum absolute atomic E-state index is 13.7. The highest BCUT2D eigenvalue weighted by Crippen LogP contribution is 2.40. The summed E-state index contributed by atoms with van der Waals surface area (Å²) in [7, 11) is -4.40. The molecule has 3 rings (SSSR count). The minimum atomic E-state index is -4.78. The van der Waals surface area contributed by atoms with E-state index in [1.54, 1.807) is 6.92 Å². The number of H-pyrrole nitrogens is 1. The number of aromatic nitrogens is 2. The van der Waals surface area contributed by atoms with E-state index >= 15 is 0 Å². The van der Waals surface area contributed by atoms with Gasteiger partial charge in [-0.25, -0.2) is 13.2 Å². The van der Waals surface area contributed by atoms with Gasteiger partial charge in [-0.15, -0.1) is 9.09 Å². The molecule has 1 fully saturated rings. The van der Waals surface area contributed by atoms with Crippen LogP contribution in [0.1, 0.15) is 56.3 Å². The third kappa shape index (κ3) is 4.58. The first-order valence-electron chi connectivity index (χ1n) is 9.91. The van der Waals surface area contributed by atoms with Crippen LogP contribution in [0.4, 0.5) is 13.2 Å². The Kier molecular flexibility index (Phi) is 6.52. The molecule has 1 saturated heterocycles. The van der Waals surface area contributed by atoms with Crippen LogP contribution in [0.3, 0.4) is 0 Å². The normalized spacial score (nSPS) is 17.1. The number of carbonyl (C=O) groups excluding carboxylic acids is 1. The van der Waals surface area contributed by atoms with Crippen molar-refractivity contribution >= 4 is 26.8 Å². The molecule has 1 aliphatic heterocycles. The van der Waals surface area contributed by atoms with Crippen LogP contribution in [0, 0.1) is 0 Å². The first-order chi connectivity index (χ1) is 14.9. The Labute approximate surface area is 180 Å². The SMILES string of the molecule is CCCCC(=O)N(n1c(=O)[nH]c2cc(C(F)(F)F)c(C3CCCO3)cc2c1=O)S(C)(=O)=O. The molecular weight excluding hydrogens is 455 g/mol. The fraction of sp³-hybridized carbons (Fsp3) is 0.526. The molecule has 1 aromatic carbocycles. The Balaban J connectivity index is 2.31. The number of fused-ring (bicyclic) bond motifs is 1. The maximum Gasteiger partial charge on any atom is 0.416 e. The summed E-state index contributed by atoms with van der Waals surface area (Å²) >= 11 is 0. The van der Waals surface area contributed by atoms with Crippen molar-refractivity contribution in [1.82, 2.24) is 9.66 Å². The Bertz CT molecular complexity index is 1260. The quantitative estimate of drug-likeness (QED) is 0.681. The number of nitrogens with zero attached hydrogens (tertiary/aromatic N) is 2. The van der Waals surface area contributed by atoms with E-state index in [0.717, 1.165) is 6.07 Å². The molecule has 0 bridgehead atoms. The molecule has 32 heavy (non-hydrogen) atoms. The van der Waals surface area contributed by atoms with Gasteiger partial charge in [-0.1, -0.05) is 13.3 Å². The number of sulfonamides is 1. The second kappa shape index (κ2) is 8.70. The number of carbonyl (C=O) groups is 1. The van der Waals surface area contributed by atoms with E-state index in [1.165, 1.54) is 0 Å². The highest BCUT2D eigenvalue weighted by atomic mass is 32.2. The molecule has 0 radical (unpaired) electrons. The summed E-state index contributed by atoms with van der Waals surface area (Å²) in [6, 6.07) is 1.57. The summed E-state index contributed by atoms with van der Waals surface area (Å²) in [6.07, 6.45) is -3.59. The molecule has 2 aromatic rings. The van der Waals surface area contributed by atoms with Gasteiger partial charge in [0.05, 0.1) is 28.8 Å². The molecule has 0 saturated carbocycles. The van der Waals surface area contributed by atoms with Crippen LogP contribution in [0.2, 0.25) is 0 Å². The highest BCUT2D eigenvalue weighted by Gasteiger charge is 2.38. The van der Waals surface area contributed by atoms with Gasteiger partial charge < -0.3 is 9.72 Å². The second-order valence-corrected chi connectivity index (χ2v) is 9.35. The Morgan fingerprint density at radius 2 is 2.00 bits per heavy atom. The number of unbranched alkanes of at least 4 members (excludes halogenated alkanes) is 1. The maximum atomic E-state index is 13.7. The van der Waals surface area contributed by atoms with Crippen molar-refractivity contribution in [2.24, 2.45) is 0 Å². The van der Waals surface area contributed by atoms with E-state index < -0.39 is 50.5 Å². The molecule has 176 valence electrons. The van der Waals surface area contributed by atoms with Crippen LogP contribution in [0.15, 0.2) is 21.7 Å². The zero-order valence-electron chi connectivity index (χ0n) is 17.4. The van der Waals surface area contributed by atoms with E-state index in [0.29, 0.717) is 38.0 Å². The Hall–Kier alpha value is -2.67. The van der Waals surface area contributed by atoms with Gasteiger partial charge in [-0.3, -0.25) is 9.59 Å². The molecule has 1 atom stereocenters. The van der Waals surface area contributed by atoms with Gasteiger partial charge in [0.25, 0.3) is 21.5 Å². The number of alkyl halides is 3. The summed E-state index contributed by atoms with van der Waals surface area (Å²) in [4.78, 5) is 40.3. The molecule has 0 aliphatic carbocycles. The molecule has 1 unspecified atom stereocenters. The number of ether oxygens (including phenoxy) is 1. The minimum Gasteiger partial charge on any atom is -0.374 e. The van der Waals surface area contributed by atoms with Crippen molar-refractivity contribution in [1.29, 1.82) is 0 Å². The molecule has 0 spiro atoms. The van der Waals surface area contributed by atoms with Gasteiger partial charge in [0, 0.05) is 13.0 Å². The van der Waals surface area contributed by atoms with E-state index in [-0.39, 0.29) is 33.1 Å². The summed E-state index contributed by atoms with van der Waals surface area (Å²) in [5.41, 5.74) is -4.37. The van der Waals surface area contributed by atoms with Crippen LogP contribution in [0.5, 0.6) is 0 Å². The molecule has 1 N–H and O–H groups in total. The zero-order chi connectivity index (χ0) is 23.8. The van der Waals surface area contributed by atoms with Crippen LogP contribution >= 0.6 is 0 Å². The third-order valence-corrected chi connectivity index (χ3v) is 6.08. The van der Waals surface area contributed by atoms with Crippen LogP contribution < -0.4 is 15.7 Å². The number of amides is 1. The lowest BCUT2D eigenvalue weighted by Crippen LogP contribution is -2.55. The van der Waals surface area contributed by atoms with E-state index in [9.17, 15) is 36.0 Å². The van der Waals surface area contributed by atoms with E-state index in [4.69, 9.17) is 4.74 Å². The fourth-order valence-corrected chi connectivity index (χ4v) is 4.55. The summed E-state index contributed by atoms with van der Waals surface area (Å²) in [5, 5.41) is -0.375. The lowest BCUT2D eigenvalue weighted by molar-refractivity contribution is -0.139. The first-order valence-corrected chi connectivity index (χ1v) is 11.8. The summed E-state index contributed by atoms with van der Waals surface area (Å²) in [5.74, 6) is -1.01. The second-order valence-electron chi connectivity index (χ2n) is 7.53. The molecule has 1 aliphatic rings. The highest BCUT2D eigenvalue weighted by molar-refractivity contribution is 7.92. The number of rotatable bonds is 6. The molecular formula is C19H22F3N3O6S. The number of aromatic amines is 1. The predicted molar refractivity (Wildman–Crippen MR) is 109 cm³/mol. The molecule has 13 heteroatoms. The predicted octanol–water partition coefficient (Wildman–Crippen LogP) is 2.17. The number of hydrogen-bond donors (Lipinski definition) is 1. The van der Waals surface area contributed by atoms with E-state index in [1.807, 2.05) is 0 Å². The fourth-order valence-electron chi connectivity index (χ4n) is 3.64. The first kappa shape index (κ1) is 24.0. The average molecular weight is 477 g/mol. The standard InChI is InChI=1S/C19H22F3N3O6S/c1-3-4-7-16(26)25(32(2,29)30)24-17(27)12-9-11(15-6-5-8-31-15)13(19(20,21)22)10-14(12)23-18(24)28/h9-10,15H,3-8H2,1-2H3,(H,23,28). The smallest absolute Gasteiger partial charge is 0.374 e. The molecule has 2 heterocycles. The Morgan fingerprint density at radius 1 is 1.31 bits per heavy atom. The number of benzene rings is 1. The van der Waals surface area contributed by atoms with Crippen molar-refractivity contribution in [2.45, 2.75) is 51.3 Å². The van der Waals surface area contributed by atoms with Crippen molar-refractivity contribution in [3.05, 3.63) is 44.1 Å². The van der Waals surface area contributed by atoms with E-state index in [2.05, 4.69) is 4.98 Å². The van der Waals surface area contributed by atoms with Crippen molar-refractivity contribution in [2.75, 3.05) is 17.3 Å². The number of nitrogens with one attached hydrogen (secondary N) is 1. The average Bonchev–Trinajstić information content (AvgIpc) is 3.21. The lowest BCUT2D eigenvalue weighted by atomic mass is 9.97. The van der Waals surface area contributed by atoms with Gasteiger partial charge in [0.15, 0.2) is 0 Å². The number of halogens is 3. The topological polar surface area (TPSA) is 119 Å². The zero-order valence-corrected chi connectivity index (χ0v) is 18.2. The van der Waals surface area contributed by atoms with Crippen LogP contribution in [0.25, 0.3) is 10.9 Å². The van der Waals surface area contributed by atoms with Gasteiger partial charge >= 0.3 is 11.9 Å². The minimum absolute atomic E-state index is 0.0622. The largest absolute Gasteiger partial charge is 0.416 e. The molecule has 1 amide bonds. The molecule has 9 nitrogen and oxygen atoms in total. The number of hydrogen-bond acceptors (Lipinski definition) is 6.